The van der Waals surface area contributed by atoms with Gasteiger partial charge in [0, 0.05) is 6.54 Å². The van der Waals surface area contributed by atoms with Crippen molar-refractivity contribution >= 4 is 17.6 Å². The number of nitriles is 1. The van der Waals surface area contributed by atoms with Gasteiger partial charge >= 0.3 is 6.03 Å². The third-order valence-electron chi connectivity index (χ3n) is 3.93. The Hall–Kier alpha value is -2.35. The maximum absolute atomic E-state index is 12.5. The average molecular weight is 269 g/mol. The second kappa shape index (κ2) is 4.97. The zero-order valence-electron chi connectivity index (χ0n) is 11.1. The molecule has 1 aromatic rings. The van der Waals surface area contributed by atoms with E-state index in [1.54, 1.807) is 29.2 Å². The third-order valence-corrected chi connectivity index (χ3v) is 3.93. The van der Waals surface area contributed by atoms with Crippen molar-refractivity contribution < 1.29 is 9.59 Å². The van der Waals surface area contributed by atoms with Crippen LogP contribution in [0.2, 0.25) is 0 Å². The number of amides is 3. The van der Waals surface area contributed by atoms with Crippen LogP contribution in [0.4, 0.5) is 10.5 Å². The van der Waals surface area contributed by atoms with Gasteiger partial charge < -0.3 is 4.90 Å². The molecule has 5 heteroatoms. The maximum Gasteiger partial charge on any atom is 0.332 e. The van der Waals surface area contributed by atoms with E-state index in [1.165, 1.54) is 4.90 Å². The molecule has 1 unspecified atom stereocenters. The topological polar surface area (TPSA) is 64.4 Å². The number of carbonyl (C=O) groups is 2. The van der Waals surface area contributed by atoms with Crippen LogP contribution in [0.25, 0.3) is 0 Å². The van der Waals surface area contributed by atoms with Gasteiger partial charge in [-0.25, -0.2) is 9.69 Å². The highest BCUT2D eigenvalue weighted by molar-refractivity contribution is 6.21. The van der Waals surface area contributed by atoms with Crippen molar-refractivity contribution in [1.82, 2.24) is 4.90 Å². The molecule has 20 heavy (non-hydrogen) atoms. The number of imide groups is 1. The van der Waals surface area contributed by atoms with Gasteiger partial charge in [-0.15, -0.1) is 0 Å². The van der Waals surface area contributed by atoms with Crippen LogP contribution in [0.5, 0.6) is 0 Å². The van der Waals surface area contributed by atoms with Crippen LogP contribution in [0, 0.1) is 11.3 Å². The van der Waals surface area contributed by atoms with E-state index in [9.17, 15) is 9.59 Å². The summed E-state index contributed by atoms with van der Waals surface area (Å²) in [7, 11) is 0. The molecule has 0 spiro atoms. The summed E-state index contributed by atoms with van der Waals surface area (Å²) >= 11 is 0. The summed E-state index contributed by atoms with van der Waals surface area (Å²) in [5.74, 6) is -0.160. The average Bonchev–Trinajstić information content (AvgIpc) is 2.66. The van der Waals surface area contributed by atoms with Gasteiger partial charge in [0.15, 0.2) is 0 Å². The molecule has 2 fully saturated rings. The van der Waals surface area contributed by atoms with E-state index in [1.807, 2.05) is 6.07 Å². The van der Waals surface area contributed by atoms with E-state index in [4.69, 9.17) is 5.26 Å². The third kappa shape index (κ3) is 1.94. The normalized spacial score (nSPS) is 22.4. The minimum absolute atomic E-state index is 0.160. The van der Waals surface area contributed by atoms with Crippen LogP contribution in [-0.2, 0) is 4.79 Å². The molecule has 0 bridgehead atoms. The molecule has 5 nitrogen and oxygen atoms in total. The molecule has 2 saturated heterocycles. The highest BCUT2D eigenvalue weighted by atomic mass is 16.2. The smallest absolute Gasteiger partial charge is 0.312 e. The number of urea groups is 1. The largest absolute Gasteiger partial charge is 0.332 e. The fraction of sp³-hybridized carbons (Fsp3) is 0.400. The van der Waals surface area contributed by atoms with Gasteiger partial charge in [-0.3, -0.25) is 4.79 Å². The van der Waals surface area contributed by atoms with Crippen molar-refractivity contribution in [2.75, 3.05) is 11.4 Å². The number of hydrogen-bond acceptors (Lipinski definition) is 3. The summed E-state index contributed by atoms with van der Waals surface area (Å²) in [6.07, 6.45) is 3.73. The first kappa shape index (κ1) is 12.7. The van der Waals surface area contributed by atoms with Gasteiger partial charge in [0.25, 0.3) is 5.91 Å². The van der Waals surface area contributed by atoms with Crippen molar-refractivity contribution in [1.29, 1.82) is 5.26 Å². The molecule has 0 aromatic heterocycles. The lowest BCUT2D eigenvalue weighted by atomic mass is 10.1. The number of fused-ring (bicyclic) bond motifs is 1. The quantitative estimate of drug-likeness (QED) is 0.735. The van der Waals surface area contributed by atoms with E-state index in [0.29, 0.717) is 17.8 Å². The SMILES string of the molecule is N#Cc1cccc(N2C(=O)C3CCCCCN3C2=O)c1. The molecule has 2 aliphatic heterocycles. The number of benzene rings is 1. The Labute approximate surface area is 117 Å². The Kier molecular flexibility index (Phi) is 3.15. The first-order valence-electron chi connectivity index (χ1n) is 6.87. The lowest BCUT2D eigenvalue weighted by Crippen LogP contribution is -2.34. The standard InChI is InChI=1S/C15H15N3O2/c16-10-11-5-4-6-12(9-11)18-14(19)13-7-2-1-3-8-17(13)15(18)20/h4-6,9,13H,1-3,7-8H2. The van der Waals surface area contributed by atoms with Crippen LogP contribution in [0.3, 0.4) is 0 Å². The Morgan fingerprint density at radius 3 is 2.85 bits per heavy atom. The Morgan fingerprint density at radius 2 is 2.05 bits per heavy atom. The number of carbonyl (C=O) groups excluding carboxylic acids is 2. The molecule has 2 aliphatic rings. The zero-order chi connectivity index (χ0) is 14.1. The molecule has 3 rings (SSSR count). The van der Waals surface area contributed by atoms with Gasteiger partial charge in [0.1, 0.15) is 6.04 Å². The molecule has 3 amide bonds. The molecule has 2 heterocycles. The van der Waals surface area contributed by atoms with Crippen LogP contribution >= 0.6 is 0 Å². The molecule has 1 aromatic carbocycles. The Balaban J connectivity index is 1.96. The van der Waals surface area contributed by atoms with Gasteiger partial charge in [0.05, 0.1) is 17.3 Å². The van der Waals surface area contributed by atoms with Gasteiger partial charge in [-0.1, -0.05) is 18.9 Å². The fourth-order valence-corrected chi connectivity index (χ4v) is 2.92. The van der Waals surface area contributed by atoms with Crippen molar-refractivity contribution in [3.05, 3.63) is 29.8 Å². The predicted molar refractivity (Wildman–Crippen MR) is 73.0 cm³/mol. The number of rotatable bonds is 1. The maximum atomic E-state index is 12.5. The summed E-state index contributed by atoms with van der Waals surface area (Å²) in [5.41, 5.74) is 0.942. The zero-order valence-corrected chi connectivity index (χ0v) is 11.1. The molecule has 0 aliphatic carbocycles. The lowest BCUT2D eigenvalue weighted by Gasteiger charge is -2.18. The fourth-order valence-electron chi connectivity index (χ4n) is 2.92. The van der Waals surface area contributed by atoms with E-state index < -0.39 is 0 Å². The summed E-state index contributed by atoms with van der Waals surface area (Å²) in [6, 6.07) is 8.09. The van der Waals surface area contributed by atoms with Crippen molar-refractivity contribution in [2.24, 2.45) is 0 Å². The van der Waals surface area contributed by atoms with Crippen molar-refractivity contribution in [3.63, 3.8) is 0 Å². The van der Waals surface area contributed by atoms with Crippen LogP contribution in [-0.4, -0.2) is 29.4 Å². The van der Waals surface area contributed by atoms with Crippen molar-refractivity contribution in [2.45, 2.75) is 31.7 Å². The minimum atomic E-state index is -0.323. The van der Waals surface area contributed by atoms with Gasteiger partial charge in [-0.05, 0) is 31.0 Å². The monoisotopic (exact) mass is 269 g/mol. The van der Waals surface area contributed by atoms with Gasteiger partial charge in [0.2, 0.25) is 0 Å². The van der Waals surface area contributed by atoms with Crippen LogP contribution in [0.1, 0.15) is 31.2 Å². The van der Waals surface area contributed by atoms with E-state index in [2.05, 4.69) is 0 Å². The second-order valence-corrected chi connectivity index (χ2v) is 5.18. The van der Waals surface area contributed by atoms with Crippen molar-refractivity contribution in [3.8, 4) is 6.07 Å². The van der Waals surface area contributed by atoms with E-state index in [0.717, 1.165) is 25.7 Å². The number of anilines is 1. The first-order chi connectivity index (χ1) is 9.72. The summed E-state index contributed by atoms with van der Waals surface area (Å²) in [6.45, 7) is 0.643. The molecule has 0 N–H and O–H groups in total. The highest BCUT2D eigenvalue weighted by Gasteiger charge is 2.45. The summed E-state index contributed by atoms with van der Waals surface area (Å²) in [5, 5.41) is 8.93. The van der Waals surface area contributed by atoms with Gasteiger partial charge in [-0.2, -0.15) is 5.26 Å². The summed E-state index contributed by atoms with van der Waals surface area (Å²) in [4.78, 5) is 27.8. The molecule has 0 radical (unpaired) electrons. The van der Waals surface area contributed by atoms with Crippen LogP contribution < -0.4 is 4.90 Å². The Morgan fingerprint density at radius 1 is 1.20 bits per heavy atom. The molecule has 0 saturated carbocycles. The van der Waals surface area contributed by atoms with E-state index in [-0.39, 0.29) is 18.0 Å². The molecule has 102 valence electrons. The number of hydrogen-bond donors (Lipinski definition) is 0. The predicted octanol–water partition coefficient (Wildman–Crippen LogP) is 2.27. The minimum Gasteiger partial charge on any atom is -0.312 e. The highest BCUT2D eigenvalue weighted by Crippen LogP contribution is 2.30. The van der Waals surface area contributed by atoms with E-state index >= 15 is 0 Å². The first-order valence-corrected chi connectivity index (χ1v) is 6.87. The molecular formula is C15H15N3O2. The molecular weight excluding hydrogens is 254 g/mol. The Bertz CT molecular complexity index is 581. The van der Waals surface area contributed by atoms with Crippen LogP contribution in [0.15, 0.2) is 24.3 Å². The number of nitrogens with zero attached hydrogens (tertiary/aromatic N) is 3. The lowest BCUT2D eigenvalue weighted by molar-refractivity contribution is -0.119. The summed E-state index contributed by atoms with van der Waals surface area (Å²) < 4.78 is 0. The second-order valence-electron chi connectivity index (χ2n) is 5.18. The molecule has 1 atom stereocenters.